The van der Waals surface area contributed by atoms with E-state index in [0.717, 1.165) is 36.0 Å². The Kier molecular flexibility index (Phi) is 4.29. The van der Waals surface area contributed by atoms with Gasteiger partial charge in [-0.25, -0.2) is 0 Å². The smallest absolute Gasteiger partial charge is 0.242 e. The van der Waals surface area contributed by atoms with Crippen LogP contribution in [0.3, 0.4) is 0 Å². The van der Waals surface area contributed by atoms with E-state index >= 15 is 0 Å². The van der Waals surface area contributed by atoms with Crippen molar-refractivity contribution in [3.8, 4) is 0 Å². The lowest BCUT2D eigenvalue weighted by molar-refractivity contribution is -0.121. The Balaban J connectivity index is 2.10. The van der Waals surface area contributed by atoms with Gasteiger partial charge in [0.15, 0.2) is 0 Å². The molecule has 0 bridgehead atoms. The maximum absolute atomic E-state index is 11.8. The average molecular weight is 318 g/mol. The first-order chi connectivity index (χ1) is 8.16. The topological polar surface area (TPSA) is 41.1 Å². The molecule has 0 spiro atoms. The van der Waals surface area contributed by atoms with Crippen molar-refractivity contribution in [2.75, 3.05) is 11.9 Å². The number of nitrogens with one attached hydrogen (secondary N) is 2. The van der Waals surface area contributed by atoms with Gasteiger partial charge in [-0.15, -0.1) is 0 Å². The molecule has 0 saturated carbocycles. The zero-order valence-corrected chi connectivity index (χ0v) is 11.6. The standard InChI is InChI=1S/C12H14BrClN2O/c13-9-7-8(14)4-5-10(9)16-11-3-1-2-6-15-12(11)17/h4-5,7,11,16H,1-3,6H2,(H,15,17). The van der Waals surface area contributed by atoms with Gasteiger partial charge in [0.25, 0.3) is 0 Å². The monoisotopic (exact) mass is 316 g/mol. The number of benzene rings is 1. The normalized spacial score (nSPS) is 20.6. The number of anilines is 1. The van der Waals surface area contributed by atoms with Crippen molar-refractivity contribution in [3.05, 3.63) is 27.7 Å². The van der Waals surface area contributed by atoms with Gasteiger partial charge in [-0.3, -0.25) is 4.79 Å². The summed E-state index contributed by atoms with van der Waals surface area (Å²) >= 11 is 9.31. The molecule has 92 valence electrons. The van der Waals surface area contributed by atoms with E-state index in [9.17, 15) is 4.79 Å². The van der Waals surface area contributed by atoms with Gasteiger partial charge in [0, 0.05) is 21.7 Å². The second-order valence-electron chi connectivity index (χ2n) is 4.11. The molecule has 1 aliphatic heterocycles. The van der Waals surface area contributed by atoms with Gasteiger partial charge in [-0.2, -0.15) is 0 Å². The minimum absolute atomic E-state index is 0.0735. The lowest BCUT2D eigenvalue weighted by Gasteiger charge is -2.17. The molecule has 2 rings (SSSR count). The molecule has 3 nitrogen and oxygen atoms in total. The first-order valence-corrected chi connectivity index (χ1v) is 6.83. The second kappa shape index (κ2) is 5.74. The molecule has 1 unspecified atom stereocenters. The molecule has 1 atom stereocenters. The van der Waals surface area contributed by atoms with E-state index in [1.807, 2.05) is 18.2 Å². The van der Waals surface area contributed by atoms with Gasteiger partial charge in [-0.05, 0) is 53.4 Å². The lowest BCUT2D eigenvalue weighted by Crippen LogP contribution is -2.37. The molecular weight excluding hydrogens is 304 g/mol. The average Bonchev–Trinajstić information content (AvgIpc) is 2.48. The van der Waals surface area contributed by atoms with Gasteiger partial charge in [0.2, 0.25) is 5.91 Å². The van der Waals surface area contributed by atoms with E-state index in [0.29, 0.717) is 5.02 Å². The molecule has 1 aromatic rings. The molecule has 1 aliphatic rings. The summed E-state index contributed by atoms with van der Waals surface area (Å²) in [6, 6.07) is 5.35. The number of hydrogen-bond acceptors (Lipinski definition) is 2. The quantitative estimate of drug-likeness (QED) is 0.879. The third-order valence-corrected chi connectivity index (χ3v) is 3.69. The highest BCUT2D eigenvalue weighted by atomic mass is 79.9. The van der Waals surface area contributed by atoms with E-state index < -0.39 is 0 Å². The molecule has 2 N–H and O–H groups in total. The summed E-state index contributed by atoms with van der Waals surface area (Å²) in [4.78, 5) is 11.8. The van der Waals surface area contributed by atoms with Gasteiger partial charge < -0.3 is 10.6 Å². The van der Waals surface area contributed by atoms with Crippen LogP contribution in [0, 0.1) is 0 Å². The summed E-state index contributed by atoms with van der Waals surface area (Å²) in [6.07, 6.45) is 2.97. The van der Waals surface area contributed by atoms with E-state index in [1.54, 1.807) is 0 Å². The molecule has 1 saturated heterocycles. The van der Waals surface area contributed by atoms with Crippen molar-refractivity contribution in [1.82, 2.24) is 5.32 Å². The van der Waals surface area contributed by atoms with Crippen LogP contribution in [0.2, 0.25) is 5.02 Å². The first-order valence-electron chi connectivity index (χ1n) is 5.66. The highest BCUT2D eigenvalue weighted by Crippen LogP contribution is 2.27. The summed E-state index contributed by atoms with van der Waals surface area (Å²) in [5.74, 6) is 0.0735. The van der Waals surface area contributed by atoms with Crippen LogP contribution in [0.25, 0.3) is 0 Å². The van der Waals surface area contributed by atoms with Crippen LogP contribution in [0.4, 0.5) is 5.69 Å². The number of carbonyl (C=O) groups is 1. The lowest BCUT2D eigenvalue weighted by atomic mass is 10.1. The van der Waals surface area contributed by atoms with Crippen LogP contribution >= 0.6 is 27.5 Å². The molecular formula is C12H14BrClN2O. The number of rotatable bonds is 2. The van der Waals surface area contributed by atoms with Crippen molar-refractivity contribution in [2.24, 2.45) is 0 Å². The predicted molar refractivity (Wildman–Crippen MR) is 73.4 cm³/mol. The number of carbonyl (C=O) groups excluding carboxylic acids is 1. The Bertz CT molecular complexity index is 425. The highest BCUT2D eigenvalue weighted by molar-refractivity contribution is 9.10. The van der Waals surface area contributed by atoms with Gasteiger partial charge in [0.1, 0.15) is 6.04 Å². The predicted octanol–water partition coefficient (Wildman–Crippen LogP) is 3.18. The fourth-order valence-corrected chi connectivity index (χ4v) is 2.67. The highest BCUT2D eigenvalue weighted by Gasteiger charge is 2.20. The van der Waals surface area contributed by atoms with Crippen molar-refractivity contribution in [2.45, 2.75) is 25.3 Å². The van der Waals surface area contributed by atoms with Crippen molar-refractivity contribution in [1.29, 1.82) is 0 Å². The molecule has 17 heavy (non-hydrogen) atoms. The van der Waals surface area contributed by atoms with Gasteiger partial charge in [0.05, 0.1) is 0 Å². The Morgan fingerprint density at radius 3 is 3.00 bits per heavy atom. The van der Waals surface area contributed by atoms with Crippen LogP contribution in [0.1, 0.15) is 19.3 Å². The number of halogens is 2. The molecule has 1 aromatic carbocycles. The third-order valence-electron chi connectivity index (χ3n) is 2.80. The Hall–Kier alpha value is -0.740. The SMILES string of the molecule is O=C1NCCCCC1Nc1ccc(Cl)cc1Br. The maximum atomic E-state index is 11.8. The molecule has 1 heterocycles. The molecule has 5 heteroatoms. The molecule has 0 radical (unpaired) electrons. The summed E-state index contributed by atoms with van der Waals surface area (Å²) in [5.41, 5.74) is 0.899. The van der Waals surface area contributed by atoms with E-state index in [-0.39, 0.29) is 11.9 Å². The summed E-state index contributed by atoms with van der Waals surface area (Å²) in [7, 11) is 0. The zero-order chi connectivity index (χ0) is 12.3. The molecule has 0 aliphatic carbocycles. The third kappa shape index (κ3) is 3.36. The number of hydrogen-bond donors (Lipinski definition) is 2. The summed E-state index contributed by atoms with van der Waals surface area (Å²) in [6.45, 7) is 0.777. The first kappa shape index (κ1) is 12.7. The van der Waals surface area contributed by atoms with Crippen LogP contribution in [-0.2, 0) is 4.79 Å². The van der Waals surface area contributed by atoms with Crippen molar-refractivity contribution < 1.29 is 4.79 Å². The minimum atomic E-state index is -0.157. The van der Waals surface area contributed by atoms with Crippen LogP contribution in [-0.4, -0.2) is 18.5 Å². The maximum Gasteiger partial charge on any atom is 0.242 e. The van der Waals surface area contributed by atoms with E-state index in [4.69, 9.17) is 11.6 Å². The van der Waals surface area contributed by atoms with Crippen LogP contribution in [0.5, 0.6) is 0 Å². The Morgan fingerprint density at radius 2 is 2.24 bits per heavy atom. The molecule has 1 fully saturated rings. The van der Waals surface area contributed by atoms with Crippen molar-refractivity contribution in [3.63, 3.8) is 0 Å². The van der Waals surface area contributed by atoms with Gasteiger partial charge in [-0.1, -0.05) is 11.6 Å². The van der Waals surface area contributed by atoms with E-state index in [1.165, 1.54) is 0 Å². The summed E-state index contributed by atoms with van der Waals surface area (Å²) in [5, 5.41) is 6.83. The minimum Gasteiger partial charge on any atom is -0.373 e. The van der Waals surface area contributed by atoms with Crippen LogP contribution < -0.4 is 10.6 Å². The Morgan fingerprint density at radius 1 is 1.41 bits per heavy atom. The van der Waals surface area contributed by atoms with Gasteiger partial charge >= 0.3 is 0 Å². The largest absolute Gasteiger partial charge is 0.373 e. The second-order valence-corrected chi connectivity index (χ2v) is 5.40. The van der Waals surface area contributed by atoms with E-state index in [2.05, 4.69) is 26.6 Å². The fourth-order valence-electron chi connectivity index (χ4n) is 1.87. The molecule has 1 amide bonds. The molecule has 0 aromatic heterocycles. The summed E-state index contributed by atoms with van der Waals surface area (Å²) < 4.78 is 0.877. The zero-order valence-electron chi connectivity index (χ0n) is 9.30. The Labute approximate surface area is 114 Å². The number of amides is 1. The van der Waals surface area contributed by atoms with Crippen LogP contribution in [0.15, 0.2) is 22.7 Å². The van der Waals surface area contributed by atoms with Crippen molar-refractivity contribution >= 4 is 39.1 Å². The fraction of sp³-hybridized carbons (Fsp3) is 0.417.